The highest BCUT2D eigenvalue weighted by atomic mass is 16.5. The number of aromatic nitrogens is 3. The van der Waals surface area contributed by atoms with Gasteiger partial charge in [-0.25, -0.2) is 0 Å². The molecule has 2 aliphatic heterocycles. The average Bonchev–Trinajstić information content (AvgIpc) is 3.09. The van der Waals surface area contributed by atoms with E-state index in [0.717, 1.165) is 82.5 Å². The molecule has 28 heavy (non-hydrogen) atoms. The summed E-state index contributed by atoms with van der Waals surface area (Å²) in [6.07, 6.45) is 2.31. The summed E-state index contributed by atoms with van der Waals surface area (Å²) >= 11 is 0. The molecule has 2 saturated heterocycles. The molecule has 0 unspecified atom stereocenters. The molecule has 1 atom stereocenters. The van der Waals surface area contributed by atoms with Gasteiger partial charge in [-0.15, -0.1) is 10.2 Å². The van der Waals surface area contributed by atoms with E-state index in [4.69, 9.17) is 10.00 Å². The van der Waals surface area contributed by atoms with Gasteiger partial charge in [0.25, 0.3) is 0 Å². The highest BCUT2D eigenvalue weighted by molar-refractivity contribution is 5.32. The highest BCUT2D eigenvalue weighted by Gasteiger charge is 2.26. The van der Waals surface area contributed by atoms with Crippen LogP contribution in [0.5, 0.6) is 0 Å². The van der Waals surface area contributed by atoms with Gasteiger partial charge in [0.2, 0.25) is 0 Å². The van der Waals surface area contributed by atoms with Crippen molar-refractivity contribution < 1.29 is 4.74 Å². The summed E-state index contributed by atoms with van der Waals surface area (Å²) in [6, 6.07) is 10.2. The Morgan fingerprint density at radius 2 is 2.00 bits per heavy atom. The summed E-state index contributed by atoms with van der Waals surface area (Å²) in [5.74, 6) is 2.54. The standard InChI is InChI=1S/C21H28N6O/c1-25-20(16-26-8-10-28-11-9-26)23-24-21(25)19-6-3-7-27(15-19)14-18-5-2-4-17(12-18)13-22/h2,4-5,12,19H,3,6-11,14-16H2,1H3/t19-/m1/s1. The van der Waals surface area contributed by atoms with Crippen molar-refractivity contribution in [2.45, 2.75) is 31.8 Å². The molecule has 0 saturated carbocycles. The molecule has 7 heteroatoms. The number of nitrogens with zero attached hydrogens (tertiary/aromatic N) is 6. The second-order valence-corrected chi connectivity index (χ2v) is 7.81. The molecule has 0 bridgehead atoms. The molecule has 0 radical (unpaired) electrons. The number of piperidine rings is 1. The summed E-state index contributed by atoms with van der Waals surface area (Å²) in [7, 11) is 2.10. The van der Waals surface area contributed by atoms with E-state index in [9.17, 15) is 0 Å². The van der Waals surface area contributed by atoms with Gasteiger partial charge in [0.1, 0.15) is 11.6 Å². The molecule has 0 N–H and O–H groups in total. The minimum Gasteiger partial charge on any atom is -0.379 e. The largest absolute Gasteiger partial charge is 0.379 e. The summed E-state index contributed by atoms with van der Waals surface area (Å²) < 4.78 is 7.63. The molecule has 4 rings (SSSR count). The van der Waals surface area contributed by atoms with Gasteiger partial charge in [-0.1, -0.05) is 12.1 Å². The molecule has 2 aromatic rings. The molecule has 148 valence electrons. The van der Waals surface area contributed by atoms with E-state index in [1.54, 1.807) is 0 Å². The molecular formula is C21H28N6O. The lowest BCUT2D eigenvalue weighted by molar-refractivity contribution is 0.0326. The zero-order valence-electron chi connectivity index (χ0n) is 16.5. The number of morpholine rings is 1. The van der Waals surface area contributed by atoms with Crippen LogP contribution in [0.25, 0.3) is 0 Å². The predicted molar refractivity (Wildman–Crippen MR) is 106 cm³/mol. The number of hydrogen-bond donors (Lipinski definition) is 0. The Labute approximate surface area is 166 Å². The van der Waals surface area contributed by atoms with E-state index in [0.29, 0.717) is 5.92 Å². The predicted octanol–water partition coefficient (Wildman–Crippen LogP) is 1.90. The van der Waals surface area contributed by atoms with Crippen LogP contribution in [0, 0.1) is 11.3 Å². The monoisotopic (exact) mass is 380 g/mol. The molecule has 1 aromatic carbocycles. The number of rotatable bonds is 5. The quantitative estimate of drug-likeness (QED) is 0.789. The summed E-state index contributed by atoms with van der Waals surface area (Å²) in [5.41, 5.74) is 1.93. The third kappa shape index (κ3) is 4.41. The van der Waals surface area contributed by atoms with E-state index in [1.807, 2.05) is 18.2 Å². The van der Waals surface area contributed by atoms with Crippen molar-refractivity contribution in [2.24, 2.45) is 7.05 Å². The first-order valence-corrected chi connectivity index (χ1v) is 10.1. The Kier molecular flexibility index (Phi) is 6.01. The van der Waals surface area contributed by atoms with Crippen LogP contribution < -0.4 is 0 Å². The Morgan fingerprint density at radius 1 is 1.14 bits per heavy atom. The van der Waals surface area contributed by atoms with Crippen LogP contribution in [-0.2, 0) is 24.9 Å². The lowest BCUT2D eigenvalue weighted by Crippen LogP contribution is -2.36. The fraction of sp³-hybridized carbons (Fsp3) is 0.571. The van der Waals surface area contributed by atoms with Crippen LogP contribution in [0.2, 0.25) is 0 Å². The Hall–Kier alpha value is -2.27. The first-order valence-electron chi connectivity index (χ1n) is 10.1. The molecule has 0 amide bonds. The van der Waals surface area contributed by atoms with Gasteiger partial charge in [-0.3, -0.25) is 9.80 Å². The third-order valence-electron chi connectivity index (χ3n) is 5.80. The molecule has 2 fully saturated rings. The lowest BCUT2D eigenvalue weighted by Gasteiger charge is -2.32. The summed E-state index contributed by atoms with van der Waals surface area (Å²) in [4.78, 5) is 4.85. The fourth-order valence-electron chi connectivity index (χ4n) is 4.24. The maximum absolute atomic E-state index is 9.12. The minimum absolute atomic E-state index is 0.406. The molecule has 0 spiro atoms. The van der Waals surface area contributed by atoms with Gasteiger partial charge in [-0.2, -0.15) is 5.26 Å². The van der Waals surface area contributed by atoms with Crippen molar-refractivity contribution >= 4 is 0 Å². The van der Waals surface area contributed by atoms with Crippen molar-refractivity contribution in [1.29, 1.82) is 5.26 Å². The number of hydrogen-bond acceptors (Lipinski definition) is 6. The number of nitriles is 1. The lowest BCUT2D eigenvalue weighted by atomic mass is 9.96. The average molecular weight is 380 g/mol. The van der Waals surface area contributed by atoms with Crippen LogP contribution in [0.3, 0.4) is 0 Å². The Balaban J connectivity index is 1.41. The summed E-state index contributed by atoms with van der Waals surface area (Å²) in [6.45, 7) is 7.31. The van der Waals surface area contributed by atoms with E-state index in [-0.39, 0.29) is 0 Å². The first-order chi connectivity index (χ1) is 13.7. The van der Waals surface area contributed by atoms with Crippen molar-refractivity contribution in [3.8, 4) is 6.07 Å². The second kappa shape index (κ2) is 8.82. The molecule has 0 aliphatic carbocycles. The van der Waals surface area contributed by atoms with Gasteiger partial charge in [0.15, 0.2) is 0 Å². The topological polar surface area (TPSA) is 70.2 Å². The van der Waals surface area contributed by atoms with Crippen LogP contribution >= 0.6 is 0 Å². The molecular weight excluding hydrogens is 352 g/mol. The SMILES string of the molecule is Cn1c(CN2CCOCC2)nnc1[C@@H]1CCCN(Cc2cccc(C#N)c2)C1. The Morgan fingerprint density at radius 3 is 2.82 bits per heavy atom. The van der Waals surface area contributed by atoms with Gasteiger partial charge in [0, 0.05) is 39.1 Å². The first kappa shape index (κ1) is 19.1. The van der Waals surface area contributed by atoms with Gasteiger partial charge < -0.3 is 9.30 Å². The Bertz CT molecular complexity index is 836. The molecule has 2 aliphatic rings. The van der Waals surface area contributed by atoms with Crippen molar-refractivity contribution in [1.82, 2.24) is 24.6 Å². The second-order valence-electron chi connectivity index (χ2n) is 7.81. The van der Waals surface area contributed by atoms with Gasteiger partial charge in [-0.05, 0) is 37.1 Å². The highest BCUT2D eigenvalue weighted by Crippen LogP contribution is 2.27. The van der Waals surface area contributed by atoms with Gasteiger partial charge >= 0.3 is 0 Å². The molecule has 1 aromatic heterocycles. The van der Waals surface area contributed by atoms with Crippen LogP contribution in [-0.4, -0.2) is 64.0 Å². The normalized spacial score (nSPS) is 21.5. The van der Waals surface area contributed by atoms with Gasteiger partial charge in [0.05, 0.1) is 31.4 Å². The minimum atomic E-state index is 0.406. The zero-order valence-corrected chi connectivity index (χ0v) is 16.5. The number of likely N-dealkylation sites (tertiary alicyclic amines) is 1. The third-order valence-corrected chi connectivity index (χ3v) is 5.80. The maximum atomic E-state index is 9.12. The van der Waals surface area contributed by atoms with E-state index in [2.05, 4.69) is 43.7 Å². The van der Waals surface area contributed by atoms with Crippen molar-refractivity contribution in [3.05, 3.63) is 47.0 Å². The molecule has 7 nitrogen and oxygen atoms in total. The smallest absolute Gasteiger partial charge is 0.146 e. The fourth-order valence-corrected chi connectivity index (χ4v) is 4.24. The van der Waals surface area contributed by atoms with Crippen molar-refractivity contribution in [2.75, 3.05) is 39.4 Å². The summed E-state index contributed by atoms with van der Waals surface area (Å²) in [5, 5.41) is 18.2. The van der Waals surface area contributed by atoms with E-state index < -0.39 is 0 Å². The van der Waals surface area contributed by atoms with E-state index >= 15 is 0 Å². The number of ether oxygens (including phenoxy) is 1. The number of benzene rings is 1. The molecule has 3 heterocycles. The van der Waals surface area contributed by atoms with E-state index in [1.165, 1.54) is 5.56 Å². The maximum Gasteiger partial charge on any atom is 0.146 e. The van der Waals surface area contributed by atoms with Crippen LogP contribution in [0.15, 0.2) is 24.3 Å². The van der Waals surface area contributed by atoms with Crippen molar-refractivity contribution in [3.63, 3.8) is 0 Å². The van der Waals surface area contributed by atoms with Crippen LogP contribution in [0.1, 0.15) is 41.5 Å². The van der Waals surface area contributed by atoms with Crippen LogP contribution in [0.4, 0.5) is 0 Å². The zero-order chi connectivity index (χ0) is 19.3.